The Morgan fingerprint density at radius 2 is 2.00 bits per heavy atom. The van der Waals surface area contributed by atoms with Crippen LogP contribution in [0.1, 0.15) is 17.4 Å². The van der Waals surface area contributed by atoms with Crippen LogP contribution in [0.25, 0.3) is 10.6 Å². The van der Waals surface area contributed by atoms with Gasteiger partial charge in [-0.3, -0.25) is 0 Å². The van der Waals surface area contributed by atoms with E-state index < -0.39 is 0 Å². The number of hydrogen-bond acceptors (Lipinski definition) is 3. The molecular formula is C15H14ClN3S. The molecule has 0 saturated heterocycles. The molecule has 0 aliphatic rings. The second-order valence-corrected chi connectivity index (χ2v) is 6.28. The van der Waals surface area contributed by atoms with Gasteiger partial charge in [0.15, 0.2) is 0 Å². The number of imidazole rings is 1. The molecule has 0 aliphatic carbocycles. The molecule has 0 amide bonds. The molecule has 3 N–H and O–H groups in total. The second kappa shape index (κ2) is 5.79. The number of benzene rings is 1. The molecule has 2 heterocycles. The van der Waals surface area contributed by atoms with Crippen molar-refractivity contribution in [2.24, 2.45) is 5.73 Å². The summed E-state index contributed by atoms with van der Waals surface area (Å²) in [6, 6.07) is 13.9. The van der Waals surface area contributed by atoms with Crippen molar-refractivity contribution in [3.63, 3.8) is 0 Å². The van der Waals surface area contributed by atoms with Gasteiger partial charge < -0.3 is 10.7 Å². The third-order valence-electron chi connectivity index (χ3n) is 3.11. The maximum absolute atomic E-state index is 6.20. The van der Waals surface area contributed by atoms with Crippen LogP contribution in [-0.4, -0.2) is 9.97 Å². The summed E-state index contributed by atoms with van der Waals surface area (Å²) in [5.74, 6) is 0.890. The minimum atomic E-state index is -0.0536. The van der Waals surface area contributed by atoms with Crippen molar-refractivity contribution in [1.82, 2.24) is 9.97 Å². The number of halogens is 1. The lowest BCUT2D eigenvalue weighted by atomic mass is 10.0. The predicted octanol–water partition coefficient (Wildman–Crippen LogP) is 4.03. The molecule has 3 rings (SSSR count). The van der Waals surface area contributed by atoms with Crippen LogP contribution in [0.15, 0.2) is 48.7 Å². The summed E-state index contributed by atoms with van der Waals surface area (Å²) in [7, 11) is 0. The van der Waals surface area contributed by atoms with Crippen LogP contribution >= 0.6 is 22.9 Å². The average molecular weight is 304 g/mol. The normalized spacial score (nSPS) is 12.5. The van der Waals surface area contributed by atoms with Crippen LogP contribution in [0.5, 0.6) is 0 Å². The van der Waals surface area contributed by atoms with Crippen molar-refractivity contribution < 1.29 is 0 Å². The smallest absolute Gasteiger partial charge is 0.108 e. The van der Waals surface area contributed by atoms with E-state index in [1.165, 1.54) is 11.3 Å². The molecule has 2 aromatic heterocycles. The van der Waals surface area contributed by atoms with Crippen molar-refractivity contribution in [3.05, 3.63) is 64.4 Å². The lowest BCUT2D eigenvalue weighted by Gasteiger charge is -2.09. The summed E-state index contributed by atoms with van der Waals surface area (Å²) in [6.07, 6.45) is 2.51. The molecule has 20 heavy (non-hydrogen) atoms. The zero-order chi connectivity index (χ0) is 13.9. The number of aromatic amines is 1. The molecule has 1 aromatic carbocycles. The first-order valence-corrected chi connectivity index (χ1v) is 7.52. The van der Waals surface area contributed by atoms with E-state index in [1.54, 1.807) is 0 Å². The molecule has 0 radical (unpaired) electrons. The number of aromatic nitrogens is 2. The highest BCUT2D eigenvalue weighted by Crippen LogP contribution is 2.30. The Morgan fingerprint density at radius 3 is 2.70 bits per heavy atom. The van der Waals surface area contributed by atoms with Crippen LogP contribution in [0.3, 0.4) is 0 Å². The fraction of sp³-hybridized carbons (Fsp3) is 0.133. The number of hydrogen-bond donors (Lipinski definition) is 2. The van der Waals surface area contributed by atoms with Gasteiger partial charge in [0, 0.05) is 12.5 Å². The van der Waals surface area contributed by atoms with Crippen molar-refractivity contribution in [1.29, 1.82) is 0 Å². The van der Waals surface area contributed by atoms with E-state index in [1.807, 2.05) is 48.7 Å². The van der Waals surface area contributed by atoms with Crippen LogP contribution < -0.4 is 5.73 Å². The molecule has 1 unspecified atom stereocenters. The van der Waals surface area contributed by atoms with E-state index in [0.29, 0.717) is 6.42 Å². The van der Waals surface area contributed by atoms with E-state index in [9.17, 15) is 0 Å². The summed E-state index contributed by atoms with van der Waals surface area (Å²) in [4.78, 5) is 8.78. The van der Waals surface area contributed by atoms with E-state index in [2.05, 4.69) is 9.97 Å². The Labute approximate surface area is 126 Å². The van der Waals surface area contributed by atoms with Gasteiger partial charge >= 0.3 is 0 Å². The van der Waals surface area contributed by atoms with Crippen LogP contribution in [-0.2, 0) is 6.42 Å². The molecule has 1 atom stereocenters. The van der Waals surface area contributed by atoms with E-state index in [0.717, 1.165) is 26.3 Å². The van der Waals surface area contributed by atoms with Gasteiger partial charge in [0.1, 0.15) is 5.82 Å². The monoisotopic (exact) mass is 303 g/mol. The Hall–Kier alpha value is -1.62. The zero-order valence-corrected chi connectivity index (χ0v) is 12.3. The van der Waals surface area contributed by atoms with E-state index >= 15 is 0 Å². The van der Waals surface area contributed by atoms with Gasteiger partial charge in [0.2, 0.25) is 0 Å². The zero-order valence-electron chi connectivity index (χ0n) is 10.7. The fourth-order valence-electron chi connectivity index (χ4n) is 2.08. The third kappa shape index (κ3) is 2.93. The van der Waals surface area contributed by atoms with Gasteiger partial charge in [0.25, 0.3) is 0 Å². The summed E-state index contributed by atoms with van der Waals surface area (Å²) in [6.45, 7) is 0. The minimum absolute atomic E-state index is 0.0536. The number of H-pyrrole nitrogens is 1. The fourth-order valence-corrected chi connectivity index (χ4v) is 3.09. The van der Waals surface area contributed by atoms with Gasteiger partial charge in [-0.15, -0.1) is 11.3 Å². The van der Waals surface area contributed by atoms with Crippen molar-refractivity contribution in [3.8, 4) is 10.6 Å². The quantitative estimate of drug-likeness (QED) is 0.764. The number of rotatable bonds is 4. The van der Waals surface area contributed by atoms with Crippen LogP contribution in [0.2, 0.25) is 4.34 Å². The highest BCUT2D eigenvalue weighted by molar-refractivity contribution is 7.19. The summed E-state index contributed by atoms with van der Waals surface area (Å²) < 4.78 is 0.775. The predicted molar refractivity (Wildman–Crippen MR) is 84.0 cm³/mol. The van der Waals surface area contributed by atoms with Crippen molar-refractivity contribution in [2.45, 2.75) is 12.5 Å². The molecule has 3 nitrogen and oxygen atoms in total. The first-order chi connectivity index (χ1) is 9.72. The van der Waals surface area contributed by atoms with Crippen LogP contribution in [0.4, 0.5) is 0 Å². The van der Waals surface area contributed by atoms with Crippen LogP contribution in [0, 0.1) is 0 Å². The number of nitrogens with one attached hydrogen (secondary N) is 1. The SMILES string of the molecule is NC(Cc1ncc(-c2ccc(Cl)s2)[nH]1)c1ccccc1. The summed E-state index contributed by atoms with van der Waals surface area (Å²) >= 11 is 7.48. The lowest BCUT2D eigenvalue weighted by molar-refractivity contribution is 0.695. The van der Waals surface area contributed by atoms with Gasteiger partial charge in [0.05, 0.1) is 21.1 Å². The molecule has 102 valence electrons. The average Bonchev–Trinajstić information content (AvgIpc) is 3.09. The highest BCUT2D eigenvalue weighted by atomic mass is 35.5. The molecule has 0 bridgehead atoms. The van der Waals surface area contributed by atoms with Crippen molar-refractivity contribution in [2.75, 3.05) is 0 Å². The number of thiophene rings is 1. The Morgan fingerprint density at radius 1 is 1.20 bits per heavy atom. The molecule has 0 fully saturated rings. The molecule has 5 heteroatoms. The molecular weight excluding hydrogens is 290 g/mol. The molecule has 0 spiro atoms. The summed E-state index contributed by atoms with van der Waals surface area (Å²) in [5.41, 5.74) is 8.30. The van der Waals surface area contributed by atoms with Gasteiger partial charge in [-0.25, -0.2) is 4.98 Å². The highest BCUT2D eigenvalue weighted by Gasteiger charge is 2.11. The molecule has 0 saturated carbocycles. The Balaban J connectivity index is 1.74. The maximum atomic E-state index is 6.20. The summed E-state index contributed by atoms with van der Waals surface area (Å²) in [5, 5.41) is 0. The third-order valence-corrected chi connectivity index (χ3v) is 4.37. The maximum Gasteiger partial charge on any atom is 0.108 e. The molecule has 3 aromatic rings. The van der Waals surface area contributed by atoms with Gasteiger partial charge in [-0.2, -0.15) is 0 Å². The Kier molecular flexibility index (Phi) is 3.87. The number of nitrogens with two attached hydrogens (primary N) is 1. The standard InChI is InChI=1S/C15H14ClN3S/c16-14-7-6-13(20-14)12-9-18-15(19-12)8-11(17)10-4-2-1-3-5-10/h1-7,9,11H,8,17H2,(H,18,19). The van der Waals surface area contributed by atoms with Gasteiger partial charge in [-0.1, -0.05) is 41.9 Å². The first-order valence-electron chi connectivity index (χ1n) is 6.32. The largest absolute Gasteiger partial charge is 0.341 e. The second-order valence-electron chi connectivity index (χ2n) is 4.57. The topological polar surface area (TPSA) is 54.7 Å². The van der Waals surface area contributed by atoms with E-state index in [4.69, 9.17) is 17.3 Å². The van der Waals surface area contributed by atoms with Gasteiger partial charge in [-0.05, 0) is 17.7 Å². The lowest BCUT2D eigenvalue weighted by Crippen LogP contribution is -2.13. The van der Waals surface area contributed by atoms with E-state index in [-0.39, 0.29) is 6.04 Å². The molecule has 0 aliphatic heterocycles. The first kappa shape index (κ1) is 13.4. The number of nitrogens with zero attached hydrogens (tertiary/aromatic N) is 1. The minimum Gasteiger partial charge on any atom is -0.341 e. The van der Waals surface area contributed by atoms with Crippen molar-refractivity contribution >= 4 is 22.9 Å². The Bertz CT molecular complexity index is 690.